The molecule has 98 valence electrons. The zero-order valence-electron chi connectivity index (χ0n) is 10.1. The Morgan fingerprint density at radius 3 is 2.72 bits per heavy atom. The van der Waals surface area contributed by atoms with Crippen molar-refractivity contribution in [3.63, 3.8) is 0 Å². The van der Waals surface area contributed by atoms with Gasteiger partial charge in [-0.2, -0.15) is 5.10 Å². The van der Waals surface area contributed by atoms with Crippen LogP contribution in [0.1, 0.15) is 18.5 Å². The minimum Gasteiger partial charge on any atom is -0.481 e. The van der Waals surface area contributed by atoms with Gasteiger partial charge in [-0.1, -0.05) is 0 Å². The van der Waals surface area contributed by atoms with Gasteiger partial charge in [-0.15, -0.1) is 0 Å². The van der Waals surface area contributed by atoms with Crippen LogP contribution in [0.3, 0.4) is 0 Å². The summed E-state index contributed by atoms with van der Waals surface area (Å²) in [7, 11) is 1.79. The molecular weight excluding hydrogens is 236 g/mol. The molecule has 1 aromatic rings. The van der Waals surface area contributed by atoms with Crippen LogP contribution in [0.25, 0.3) is 0 Å². The highest BCUT2D eigenvalue weighted by Crippen LogP contribution is 2.45. The lowest BCUT2D eigenvalue weighted by molar-refractivity contribution is -0.143. The van der Waals surface area contributed by atoms with Gasteiger partial charge in [-0.05, 0) is 18.9 Å². The molecule has 2 amide bonds. The third-order valence-corrected chi connectivity index (χ3v) is 3.25. The van der Waals surface area contributed by atoms with Crippen LogP contribution in [-0.2, 0) is 18.4 Å². The summed E-state index contributed by atoms with van der Waals surface area (Å²) >= 11 is 0. The molecule has 0 aromatic carbocycles. The van der Waals surface area contributed by atoms with Crippen molar-refractivity contribution in [2.75, 3.05) is 6.54 Å². The SMILES string of the molecule is Cn1nccc1CNC(=O)NCC1(C(=O)O)CC1. The molecule has 1 fully saturated rings. The summed E-state index contributed by atoms with van der Waals surface area (Å²) in [6.07, 6.45) is 2.91. The first-order chi connectivity index (χ1) is 8.53. The summed E-state index contributed by atoms with van der Waals surface area (Å²) in [6.45, 7) is 0.544. The third kappa shape index (κ3) is 2.61. The topological polar surface area (TPSA) is 96.3 Å². The smallest absolute Gasteiger partial charge is 0.315 e. The van der Waals surface area contributed by atoms with E-state index in [1.165, 1.54) is 0 Å². The number of nitrogens with one attached hydrogen (secondary N) is 2. The van der Waals surface area contributed by atoms with Gasteiger partial charge in [-0.3, -0.25) is 9.48 Å². The van der Waals surface area contributed by atoms with E-state index < -0.39 is 11.4 Å². The summed E-state index contributed by atoms with van der Waals surface area (Å²) in [5.41, 5.74) is 0.147. The molecule has 1 aliphatic rings. The van der Waals surface area contributed by atoms with E-state index in [0.29, 0.717) is 19.4 Å². The number of rotatable bonds is 5. The number of urea groups is 1. The maximum Gasteiger partial charge on any atom is 0.315 e. The molecule has 0 atom stereocenters. The Bertz CT molecular complexity index is 465. The van der Waals surface area contributed by atoms with Crippen molar-refractivity contribution in [3.8, 4) is 0 Å². The molecule has 0 saturated heterocycles. The average Bonchev–Trinajstić information content (AvgIpc) is 3.02. The average molecular weight is 252 g/mol. The number of hydrogen-bond acceptors (Lipinski definition) is 3. The highest BCUT2D eigenvalue weighted by atomic mass is 16.4. The minimum atomic E-state index is -0.838. The van der Waals surface area contributed by atoms with Crippen LogP contribution >= 0.6 is 0 Å². The van der Waals surface area contributed by atoms with E-state index in [1.54, 1.807) is 24.0 Å². The summed E-state index contributed by atoms with van der Waals surface area (Å²) < 4.78 is 1.67. The van der Waals surface area contributed by atoms with Gasteiger partial charge in [-0.25, -0.2) is 4.79 Å². The Kier molecular flexibility index (Phi) is 3.22. The maximum atomic E-state index is 11.5. The van der Waals surface area contributed by atoms with Crippen molar-refractivity contribution in [1.82, 2.24) is 20.4 Å². The summed E-state index contributed by atoms with van der Waals surface area (Å²) in [4.78, 5) is 22.4. The Morgan fingerprint density at radius 1 is 1.50 bits per heavy atom. The van der Waals surface area contributed by atoms with Gasteiger partial charge in [0.25, 0.3) is 0 Å². The first-order valence-electron chi connectivity index (χ1n) is 5.75. The Hall–Kier alpha value is -2.05. The molecule has 0 radical (unpaired) electrons. The second kappa shape index (κ2) is 4.67. The quantitative estimate of drug-likeness (QED) is 0.691. The molecule has 0 spiro atoms. The second-order valence-electron chi connectivity index (χ2n) is 4.57. The number of aryl methyl sites for hydroxylation is 1. The van der Waals surface area contributed by atoms with E-state index in [-0.39, 0.29) is 12.6 Å². The number of aromatic nitrogens is 2. The molecular formula is C11H16N4O3. The van der Waals surface area contributed by atoms with Crippen LogP contribution in [0, 0.1) is 5.41 Å². The summed E-state index contributed by atoms with van der Waals surface area (Å²) in [5.74, 6) is -0.838. The molecule has 0 bridgehead atoms. The molecule has 0 unspecified atom stereocenters. The Labute approximate surface area is 104 Å². The zero-order valence-corrected chi connectivity index (χ0v) is 10.1. The van der Waals surface area contributed by atoms with E-state index in [2.05, 4.69) is 15.7 Å². The number of hydrogen-bond donors (Lipinski definition) is 3. The maximum absolute atomic E-state index is 11.5. The molecule has 1 saturated carbocycles. The highest BCUT2D eigenvalue weighted by Gasteiger charge is 2.50. The third-order valence-electron chi connectivity index (χ3n) is 3.25. The molecule has 7 heteroatoms. The highest BCUT2D eigenvalue weighted by molar-refractivity contribution is 5.80. The summed E-state index contributed by atoms with van der Waals surface area (Å²) in [5, 5.41) is 18.2. The number of aliphatic carboxylic acids is 1. The largest absolute Gasteiger partial charge is 0.481 e. The van der Waals surface area contributed by atoms with Crippen molar-refractivity contribution in [1.29, 1.82) is 0 Å². The van der Waals surface area contributed by atoms with Gasteiger partial charge in [0.2, 0.25) is 0 Å². The van der Waals surface area contributed by atoms with Crippen LogP contribution in [0.5, 0.6) is 0 Å². The van der Waals surface area contributed by atoms with Gasteiger partial charge in [0.15, 0.2) is 0 Å². The first kappa shape index (κ1) is 12.4. The Morgan fingerprint density at radius 2 is 2.22 bits per heavy atom. The van der Waals surface area contributed by atoms with E-state index in [4.69, 9.17) is 5.11 Å². The number of nitrogens with zero attached hydrogens (tertiary/aromatic N) is 2. The van der Waals surface area contributed by atoms with Crippen molar-refractivity contribution in [2.24, 2.45) is 12.5 Å². The molecule has 2 rings (SSSR count). The van der Waals surface area contributed by atoms with E-state index >= 15 is 0 Å². The van der Waals surface area contributed by atoms with Crippen LogP contribution in [-0.4, -0.2) is 33.4 Å². The van der Waals surface area contributed by atoms with Crippen LogP contribution in [0.4, 0.5) is 4.79 Å². The van der Waals surface area contributed by atoms with Gasteiger partial charge in [0.1, 0.15) is 0 Å². The van der Waals surface area contributed by atoms with E-state index in [0.717, 1.165) is 5.69 Å². The number of amides is 2. The molecule has 0 aliphatic heterocycles. The second-order valence-corrected chi connectivity index (χ2v) is 4.57. The normalized spacial score (nSPS) is 16.1. The van der Waals surface area contributed by atoms with Crippen LogP contribution in [0.15, 0.2) is 12.3 Å². The molecule has 1 heterocycles. The minimum absolute atomic E-state index is 0.180. The van der Waals surface area contributed by atoms with Gasteiger partial charge < -0.3 is 15.7 Å². The van der Waals surface area contributed by atoms with E-state index in [9.17, 15) is 9.59 Å². The Balaban J connectivity index is 1.73. The zero-order chi connectivity index (χ0) is 13.2. The van der Waals surface area contributed by atoms with Crippen LogP contribution < -0.4 is 10.6 Å². The lowest BCUT2D eigenvalue weighted by Gasteiger charge is -2.12. The lowest BCUT2D eigenvalue weighted by Crippen LogP contribution is -2.40. The van der Waals surface area contributed by atoms with Crippen molar-refractivity contribution in [3.05, 3.63) is 18.0 Å². The number of carboxylic acid groups (broad SMARTS) is 1. The lowest BCUT2D eigenvalue weighted by atomic mass is 10.1. The van der Waals surface area contributed by atoms with Gasteiger partial charge in [0.05, 0.1) is 17.7 Å². The molecule has 3 N–H and O–H groups in total. The predicted molar refractivity (Wildman–Crippen MR) is 62.7 cm³/mol. The fourth-order valence-electron chi connectivity index (χ4n) is 1.67. The molecule has 18 heavy (non-hydrogen) atoms. The van der Waals surface area contributed by atoms with Crippen molar-refractivity contribution >= 4 is 12.0 Å². The predicted octanol–water partition coefficient (Wildman–Crippen LogP) is 0.0841. The number of carboxylic acids is 1. The summed E-state index contributed by atoms with van der Waals surface area (Å²) in [6, 6.07) is 1.45. The van der Waals surface area contributed by atoms with Crippen molar-refractivity contribution in [2.45, 2.75) is 19.4 Å². The fraction of sp³-hybridized carbons (Fsp3) is 0.545. The number of carbonyl (C=O) groups is 2. The number of carbonyl (C=O) groups excluding carboxylic acids is 1. The van der Waals surface area contributed by atoms with Gasteiger partial charge >= 0.3 is 12.0 Å². The van der Waals surface area contributed by atoms with Gasteiger partial charge in [0, 0.05) is 19.8 Å². The van der Waals surface area contributed by atoms with Crippen molar-refractivity contribution < 1.29 is 14.7 Å². The standard InChI is InChI=1S/C11H16N4O3/c1-15-8(2-5-14-15)6-12-10(18)13-7-11(3-4-11)9(16)17/h2,5H,3-4,6-7H2,1H3,(H,16,17)(H2,12,13,18). The fourth-order valence-corrected chi connectivity index (χ4v) is 1.67. The van der Waals surface area contributed by atoms with E-state index in [1.807, 2.05) is 0 Å². The first-order valence-corrected chi connectivity index (χ1v) is 5.75. The molecule has 1 aromatic heterocycles. The molecule has 1 aliphatic carbocycles. The molecule has 7 nitrogen and oxygen atoms in total. The van der Waals surface area contributed by atoms with Crippen LogP contribution in [0.2, 0.25) is 0 Å². The monoisotopic (exact) mass is 252 g/mol.